The molecule has 1 N–H and O–H groups in total. The molecule has 0 saturated heterocycles. The number of nitrogens with zero attached hydrogens (tertiary/aromatic N) is 1. The zero-order chi connectivity index (χ0) is 16.1. The van der Waals surface area contributed by atoms with Crippen LogP contribution in [-0.4, -0.2) is 13.0 Å². The monoisotopic (exact) mass is 312 g/mol. The highest BCUT2D eigenvalue weighted by molar-refractivity contribution is 7.16. The Morgan fingerprint density at radius 3 is 2.86 bits per heavy atom. The van der Waals surface area contributed by atoms with E-state index in [0.29, 0.717) is 10.6 Å². The van der Waals surface area contributed by atoms with E-state index in [1.807, 2.05) is 38.1 Å². The van der Waals surface area contributed by atoms with Crippen LogP contribution in [0, 0.1) is 25.2 Å². The van der Waals surface area contributed by atoms with Crippen molar-refractivity contribution in [3.63, 3.8) is 0 Å². The van der Waals surface area contributed by atoms with E-state index < -0.39 is 0 Å². The van der Waals surface area contributed by atoms with E-state index in [9.17, 15) is 4.79 Å². The summed E-state index contributed by atoms with van der Waals surface area (Å²) in [6, 6.07) is 9.55. The number of amides is 1. The number of anilines is 1. The average Bonchev–Trinajstić information content (AvgIpc) is 2.79. The third-order valence-corrected chi connectivity index (χ3v) is 4.38. The molecule has 0 atom stereocenters. The lowest BCUT2D eigenvalue weighted by Crippen LogP contribution is -2.07. The Morgan fingerprint density at radius 1 is 1.41 bits per heavy atom. The Hall–Kier alpha value is -2.58. The number of aryl methyl sites for hydroxylation is 1. The molecule has 1 heterocycles. The Morgan fingerprint density at radius 2 is 2.18 bits per heavy atom. The standard InChI is InChI=1S/C17H16N2O2S/c1-11-12(2)22-17(15(11)10-18)19-16(20)8-7-13-5-4-6-14(9-13)21-3/h4-9H,1-3H3,(H,19,20). The second kappa shape index (κ2) is 6.92. The van der Waals surface area contributed by atoms with Crippen molar-refractivity contribution in [1.29, 1.82) is 5.26 Å². The smallest absolute Gasteiger partial charge is 0.249 e. The van der Waals surface area contributed by atoms with E-state index >= 15 is 0 Å². The molecule has 0 aliphatic heterocycles. The fourth-order valence-corrected chi connectivity index (χ4v) is 2.93. The molecule has 22 heavy (non-hydrogen) atoms. The third kappa shape index (κ3) is 3.54. The van der Waals surface area contributed by atoms with E-state index in [2.05, 4.69) is 11.4 Å². The van der Waals surface area contributed by atoms with E-state index in [1.165, 1.54) is 17.4 Å². The van der Waals surface area contributed by atoms with Gasteiger partial charge in [0, 0.05) is 11.0 Å². The van der Waals surface area contributed by atoms with Crippen molar-refractivity contribution in [3.05, 3.63) is 51.9 Å². The summed E-state index contributed by atoms with van der Waals surface area (Å²) in [5, 5.41) is 12.5. The van der Waals surface area contributed by atoms with Crippen LogP contribution in [0.5, 0.6) is 5.75 Å². The van der Waals surface area contributed by atoms with Gasteiger partial charge in [-0.2, -0.15) is 5.26 Å². The predicted octanol–water partition coefficient (Wildman–Crippen LogP) is 3.90. The zero-order valence-electron chi connectivity index (χ0n) is 12.6. The van der Waals surface area contributed by atoms with E-state index in [1.54, 1.807) is 13.2 Å². The van der Waals surface area contributed by atoms with Gasteiger partial charge in [-0.15, -0.1) is 11.3 Å². The molecular weight excluding hydrogens is 296 g/mol. The van der Waals surface area contributed by atoms with Gasteiger partial charge in [-0.25, -0.2) is 0 Å². The summed E-state index contributed by atoms with van der Waals surface area (Å²) < 4.78 is 5.13. The maximum Gasteiger partial charge on any atom is 0.249 e. The quantitative estimate of drug-likeness (QED) is 0.871. The number of hydrogen-bond donors (Lipinski definition) is 1. The van der Waals surface area contributed by atoms with Crippen molar-refractivity contribution < 1.29 is 9.53 Å². The van der Waals surface area contributed by atoms with Crippen LogP contribution in [0.2, 0.25) is 0 Å². The minimum Gasteiger partial charge on any atom is -0.497 e. The molecular formula is C17H16N2O2S. The summed E-state index contributed by atoms with van der Waals surface area (Å²) in [6.07, 6.45) is 3.15. The summed E-state index contributed by atoms with van der Waals surface area (Å²) >= 11 is 1.41. The third-order valence-electron chi connectivity index (χ3n) is 3.25. The Kier molecular flexibility index (Phi) is 4.97. The summed E-state index contributed by atoms with van der Waals surface area (Å²) in [5.41, 5.74) is 2.32. The number of benzene rings is 1. The first-order valence-corrected chi connectivity index (χ1v) is 7.50. The normalized spacial score (nSPS) is 10.5. The first-order chi connectivity index (χ1) is 10.5. The maximum atomic E-state index is 12.0. The van der Waals surface area contributed by atoms with Crippen LogP contribution in [0.4, 0.5) is 5.00 Å². The molecule has 0 fully saturated rings. The van der Waals surface area contributed by atoms with Gasteiger partial charge in [0.05, 0.1) is 12.7 Å². The second-order valence-electron chi connectivity index (χ2n) is 4.70. The summed E-state index contributed by atoms with van der Waals surface area (Å²) in [7, 11) is 1.60. The number of carbonyl (C=O) groups is 1. The SMILES string of the molecule is COc1cccc(C=CC(=O)Nc2sc(C)c(C)c2C#N)c1. The van der Waals surface area contributed by atoms with Crippen LogP contribution in [-0.2, 0) is 4.79 Å². The van der Waals surface area contributed by atoms with Gasteiger partial charge in [-0.05, 0) is 43.2 Å². The van der Waals surface area contributed by atoms with Gasteiger partial charge in [-0.3, -0.25) is 4.79 Å². The molecule has 5 heteroatoms. The molecule has 0 radical (unpaired) electrons. The number of thiophene rings is 1. The Balaban J connectivity index is 2.12. The summed E-state index contributed by atoms with van der Waals surface area (Å²) in [4.78, 5) is 13.0. The second-order valence-corrected chi connectivity index (χ2v) is 5.92. The Bertz CT molecular complexity index is 769. The zero-order valence-corrected chi connectivity index (χ0v) is 13.5. The van der Waals surface area contributed by atoms with Crippen LogP contribution < -0.4 is 10.1 Å². The van der Waals surface area contributed by atoms with Gasteiger partial charge in [0.15, 0.2) is 0 Å². The lowest BCUT2D eigenvalue weighted by molar-refractivity contribution is -0.111. The highest BCUT2D eigenvalue weighted by atomic mass is 32.1. The van der Waals surface area contributed by atoms with Crippen LogP contribution in [0.3, 0.4) is 0 Å². The number of nitriles is 1. The van der Waals surface area contributed by atoms with Crippen molar-refractivity contribution in [3.8, 4) is 11.8 Å². The lowest BCUT2D eigenvalue weighted by Gasteiger charge is -2.01. The molecule has 0 aliphatic carbocycles. The molecule has 112 valence electrons. The topological polar surface area (TPSA) is 62.1 Å². The van der Waals surface area contributed by atoms with Gasteiger partial charge in [0.25, 0.3) is 0 Å². The molecule has 1 aromatic carbocycles. The van der Waals surface area contributed by atoms with Crippen molar-refractivity contribution in [2.75, 3.05) is 12.4 Å². The van der Waals surface area contributed by atoms with Gasteiger partial charge in [-0.1, -0.05) is 12.1 Å². The fraction of sp³-hybridized carbons (Fsp3) is 0.176. The average molecular weight is 312 g/mol. The van der Waals surface area contributed by atoms with Crippen molar-refractivity contribution in [2.45, 2.75) is 13.8 Å². The molecule has 0 saturated carbocycles. The molecule has 4 nitrogen and oxygen atoms in total. The Labute approximate surface area is 133 Å². The van der Waals surface area contributed by atoms with Crippen LogP contribution in [0.25, 0.3) is 6.08 Å². The van der Waals surface area contributed by atoms with Crippen molar-refractivity contribution >= 4 is 28.3 Å². The minimum absolute atomic E-state index is 0.263. The van der Waals surface area contributed by atoms with Crippen LogP contribution in [0.15, 0.2) is 30.3 Å². The summed E-state index contributed by atoms with van der Waals surface area (Å²) in [5.74, 6) is 0.472. The van der Waals surface area contributed by atoms with Crippen LogP contribution >= 0.6 is 11.3 Å². The van der Waals surface area contributed by atoms with Gasteiger partial charge in [0.2, 0.25) is 5.91 Å². The van der Waals surface area contributed by atoms with Gasteiger partial charge >= 0.3 is 0 Å². The van der Waals surface area contributed by atoms with Crippen molar-refractivity contribution in [2.24, 2.45) is 0 Å². The first kappa shape index (κ1) is 15.8. The number of hydrogen-bond acceptors (Lipinski definition) is 4. The minimum atomic E-state index is -0.263. The molecule has 0 aliphatic rings. The van der Waals surface area contributed by atoms with E-state index in [4.69, 9.17) is 10.00 Å². The number of rotatable bonds is 4. The highest BCUT2D eigenvalue weighted by Gasteiger charge is 2.13. The van der Waals surface area contributed by atoms with Gasteiger partial charge in [0.1, 0.15) is 16.8 Å². The number of methoxy groups -OCH3 is 1. The number of carbonyl (C=O) groups excluding carboxylic acids is 1. The molecule has 0 spiro atoms. The first-order valence-electron chi connectivity index (χ1n) is 6.68. The maximum absolute atomic E-state index is 12.0. The molecule has 0 bridgehead atoms. The lowest BCUT2D eigenvalue weighted by atomic mass is 10.2. The number of nitrogens with one attached hydrogen (secondary N) is 1. The van der Waals surface area contributed by atoms with E-state index in [-0.39, 0.29) is 5.91 Å². The van der Waals surface area contributed by atoms with Crippen LogP contribution in [0.1, 0.15) is 21.6 Å². The predicted molar refractivity (Wildman–Crippen MR) is 89.2 cm³/mol. The molecule has 2 aromatic rings. The molecule has 1 aromatic heterocycles. The van der Waals surface area contributed by atoms with Gasteiger partial charge < -0.3 is 10.1 Å². The largest absolute Gasteiger partial charge is 0.497 e. The van der Waals surface area contributed by atoms with Crippen molar-refractivity contribution in [1.82, 2.24) is 0 Å². The van der Waals surface area contributed by atoms with E-state index in [0.717, 1.165) is 21.8 Å². The molecule has 2 rings (SSSR count). The highest BCUT2D eigenvalue weighted by Crippen LogP contribution is 2.31. The fourth-order valence-electron chi connectivity index (χ4n) is 1.92. The summed E-state index contributed by atoms with van der Waals surface area (Å²) in [6.45, 7) is 3.81. The number of ether oxygens (including phenoxy) is 1. The molecule has 1 amide bonds. The molecule has 0 unspecified atom stereocenters.